The van der Waals surface area contributed by atoms with Crippen LogP contribution in [0.4, 0.5) is 0 Å². The van der Waals surface area contributed by atoms with Gasteiger partial charge in [0.15, 0.2) is 5.78 Å². The summed E-state index contributed by atoms with van der Waals surface area (Å²) < 4.78 is 13.2. The van der Waals surface area contributed by atoms with E-state index in [9.17, 15) is 14.7 Å². The molecule has 0 amide bonds. The zero-order valence-electron chi connectivity index (χ0n) is 16.2. The van der Waals surface area contributed by atoms with Crippen molar-refractivity contribution in [3.05, 3.63) is 35.9 Å². The van der Waals surface area contributed by atoms with E-state index >= 15 is 0 Å². The lowest BCUT2D eigenvalue weighted by molar-refractivity contribution is -0.181. The van der Waals surface area contributed by atoms with Crippen LogP contribution in [-0.2, 0) is 20.7 Å². The van der Waals surface area contributed by atoms with Gasteiger partial charge in [0.05, 0.1) is 6.04 Å². The van der Waals surface area contributed by atoms with Crippen molar-refractivity contribution in [3.8, 4) is 0 Å². The van der Waals surface area contributed by atoms with Crippen molar-refractivity contribution in [3.63, 3.8) is 0 Å². The van der Waals surface area contributed by atoms with E-state index in [-0.39, 0.29) is 12.8 Å². The maximum absolute atomic E-state index is 13.0. The summed E-state index contributed by atoms with van der Waals surface area (Å²) in [4.78, 5) is 25.5. The van der Waals surface area contributed by atoms with E-state index in [1.807, 2.05) is 30.3 Å². The average molecular weight is 336 g/mol. The zero-order valence-corrected chi connectivity index (χ0v) is 15.2. The summed E-state index contributed by atoms with van der Waals surface area (Å²) in [5.74, 6) is -1.66. The van der Waals surface area contributed by atoms with Gasteiger partial charge in [-0.2, -0.15) is 0 Å². The molecular weight excluding hydrogens is 306 g/mol. The molecule has 0 saturated heterocycles. The smallest absolute Gasteiger partial charge is 0.346 e. The second-order valence-electron chi connectivity index (χ2n) is 6.94. The minimum Gasteiger partial charge on any atom is -0.457 e. The maximum atomic E-state index is 13.0. The first-order valence-electron chi connectivity index (χ1n) is 8.71. The summed E-state index contributed by atoms with van der Waals surface area (Å²) >= 11 is 0. The third kappa shape index (κ3) is 5.42. The quantitative estimate of drug-likeness (QED) is 0.562. The van der Waals surface area contributed by atoms with Gasteiger partial charge in [0, 0.05) is 0 Å². The monoisotopic (exact) mass is 336 g/mol. The number of benzene rings is 1. The molecule has 0 aliphatic carbocycles. The zero-order chi connectivity index (χ0) is 19.3. The first-order chi connectivity index (χ1) is 11.5. The third-order valence-electron chi connectivity index (χ3n) is 3.64. The highest BCUT2D eigenvalue weighted by Crippen LogP contribution is 2.23. The van der Waals surface area contributed by atoms with Gasteiger partial charge >= 0.3 is 5.97 Å². The number of ether oxygens (including phenoxy) is 1. The molecule has 5 nitrogen and oxygen atoms in total. The molecule has 0 fully saturated rings. The molecule has 0 heterocycles. The van der Waals surface area contributed by atoms with Gasteiger partial charge in [0.25, 0.3) is 0 Å². The van der Waals surface area contributed by atoms with Crippen molar-refractivity contribution in [2.24, 2.45) is 0 Å². The van der Waals surface area contributed by atoms with Crippen molar-refractivity contribution in [2.75, 3.05) is 7.05 Å². The van der Waals surface area contributed by atoms with Crippen molar-refractivity contribution in [2.45, 2.75) is 64.2 Å². The van der Waals surface area contributed by atoms with Crippen LogP contribution in [0.5, 0.6) is 0 Å². The normalized spacial score (nSPS) is 16.2. The molecule has 0 saturated carbocycles. The second-order valence-corrected chi connectivity index (χ2v) is 6.94. The van der Waals surface area contributed by atoms with Crippen molar-refractivity contribution in [1.82, 2.24) is 5.31 Å². The van der Waals surface area contributed by atoms with Gasteiger partial charge < -0.3 is 15.2 Å². The SMILES string of the molecule is [2H]N(C)[C@@H](Cc1ccccc1)C(=O)C(O)(CCC)C(=O)OC(C)(C)C. The van der Waals surface area contributed by atoms with E-state index in [1.165, 1.54) is 7.05 Å². The van der Waals surface area contributed by atoms with Gasteiger partial charge in [-0.1, -0.05) is 43.7 Å². The largest absolute Gasteiger partial charge is 0.457 e. The van der Waals surface area contributed by atoms with Crippen molar-refractivity contribution in [1.29, 1.82) is 0 Å². The fourth-order valence-corrected chi connectivity index (χ4v) is 2.46. The highest BCUT2D eigenvalue weighted by molar-refractivity contribution is 6.09. The summed E-state index contributed by atoms with van der Waals surface area (Å²) in [5, 5.41) is 11.9. The molecule has 5 heteroatoms. The van der Waals surface area contributed by atoms with Crippen LogP contribution < -0.4 is 5.31 Å². The Morgan fingerprint density at radius 2 is 1.88 bits per heavy atom. The van der Waals surface area contributed by atoms with E-state index in [4.69, 9.17) is 6.15 Å². The van der Waals surface area contributed by atoms with Crippen LogP contribution in [0.2, 0.25) is 1.41 Å². The van der Waals surface area contributed by atoms with Gasteiger partial charge in [-0.3, -0.25) is 4.79 Å². The molecule has 0 aliphatic heterocycles. The highest BCUT2D eigenvalue weighted by atomic mass is 16.6. The number of ketones is 1. The molecule has 1 aromatic carbocycles. The fourth-order valence-electron chi connectivity index (χ4n) is 2.46. The van der Waals surface area contributed by atoms with E-state index in [1.54, 1.807) is 27.7 Å². The molecule has 2 atom stereocenters. The Bertz CT molecular complexity index is 583. The Morgan fingerprint density at radius 3 is 2.33 bits per heavy atom. The molecule has 134 valence electrons. The van der Waals surface area contributed by atoms with E-state index in [0.717, 1.165) is 10.9 Å². The van der Waals surface area contributed by atoms with Crippen LogP contribution in [0.1, 0.15) is 46.1 Å². The summed E-state index contributed by atoms with van der Waals surface area (Å²) in [6, 6.07) is 8.27. The molecule has 1 rings (SSSR count). The van der Waals surface area contributed by atoms with Crippen molar-refractivity contribution < 1.29 is 20.8 Å². The number of Topliss-reactive ketones (excluding diaryl/α,β-unsaturated/α-hetero) is 1. The average Bonchev–Trinajstić information content (AvgIpc) is 2.51. The number of esters is 1. The molecule has 0 radical (unpaired) electrons. The highest BCUT2D eigenvalue weighted by Gasteiger charge is 2.48. The number of carbonyl (C=O) groups excluding carboxylic acids is 2. The van der Waals surface area contributed by atoms with Crippen molar-refractivity contribution >= 4 is 11.8 Å². The number of nitrogens with one attached hydrogen (secondary N) is 1. The molecule has 0 aliphatic rings. The lowest BCUT2D eigenvalue weighted by Gasteiger charge is -2.31. The van der Waals surface area contributed by atoms with E-state index < -0.39 is 29.0 Å². The number of aliphatic hydroxyl groups is 1. The van der Waals surface area contributed by atoms with Crippen LogP contribution in [0.25, 0.3) is 0 Å². The lowest BCUT2D eigenvalue weighted by atomic mass is 9.86. The Hall–Kier alpha value is -1.72. The molecule has 0 spiro atoms. The van der Waals surface area contributed by atoms with Crippen LogP contribution in [-0.4, -0.2) is 41.2 Å². The standard InChI is InChI=1S/C19H29NO4/c1-6-12-19(23,17(22)24-18(2,3)4)16(21)15(20-5)13-14-10-8-7-9-11-14/h7-11,15,20,23H,6,12-13H2,1-5H3/t15-,19?/m0/s1/i/hD. The van der Waals surface area contributed by atoms with Crippen LogP contribution in [0, 0.1) is 0 Å². The minimum absolute atomic E-state index is 0.0418. The van der Waals surface area contributed by atoms with Gasteiger partial charge in [0.1, 0.15) is 7.01 Å². The number of hydrogen-bond acceptors (Lipinski definition) is 5. The minimum atomic E-state index is -2.25. The first kappa shape index (κ1) is 18.6. The molecule has 0 bridgehead atoms. The summed E-state index contributed by atoms with van der Waals surface area (Å²) in [7, 11) is 1.44. The van der Waals surface area contributed by atoms with Gasteiger partial charge in [-0.15, -0.1) is 0 Å². The summed E-state index contributed by atoms with van der Waals surface area (Å²) in [6.45, 7) is 6.82. The fraction of sp³-hybridized carbons (Fsp3) is 0.579. The molecule has 0 aromatic heterocycles. The van der Waals surface area contributed by atoms with Crippen LogP contribution in [0.15, 0.2) is 30.3 Å². The van der Waals surface area contributed by atoms with Gasteiger partial charge in [0.2, 0.25) is 5.60 Å². The number of rotatable bonds is 8. The van der Waals surface area contributed by atoms with Gasteiger partial charge in [-0.25, -0.2) is 4.79 Å². The Kier molecular flexibility index (Phi) is 6.52. The van der Waals surface area contributed by atoms with E-state index in [0.29, 0.717) is 6.42 Å². The molecule has 1 unspecified atom stereocenters. The Morgan fingerprint density at radius 1 is 1.29 bits per heavy atom. The molecular formula is C19H29NO4. The number of carbonyl (C=O) groups is 2. The predicted octanol–water partition coefficient (Wildman–Crippen LogP) is 2.26. The van der Waals surface area contributed by atoms with Gasteiger partial charge in [-0.05, 0) is 46.2 Å². The molecule has 1 aromatic rings. The predicted molar refractivity (Wildman–Crippen MR) is 93.7 cm³/mol. The Labute approximate surface area is 145 Å². The third-order valence-corrected chi connectivity index (χ3v) is 3.64. The summed E-state index contributed by atoms with van der Waals surface area (Å²) in [5.41, 5.74) is -2.22. The lowest BCUT2D eigenvalue weighted by Crippen LogP contribution is -2.56. The second kappa shape index (κ2) is 8.40. The molecule has 2 N–H and O–H groups in total. The Balaban J connectivity index is 3.13. The summed E-state index contributed by atoms with van der Waals surface area (Å²) in [6.07, 6.45) is 0.621. The van der Waals surface area contributed by atoms with Crippen LogP contribution in [0.3, 0.4) is 0 Å². The molecule has 24 heavy (non-hydrogen) atoms. The van der Waals surface area contributed by atoms with E-state index in [2.05, 4.69) is 0 Å². The maximum Gasteiger partial charge on any atom is 0.346 e. The first-order valence-corrected chi connectivity index (χ1v) is 8.27. The number of likely N-dealkylation sites (N-methyl/N-ethyl adjacent to an activating group) is 1. The topological polar surface area (TPSA) is 75.6 Å². The number of hydrogen-bond donors (Lipinski definition) is 2. The van der Waals surface area contributed by atoms with Crippen LogP contribution >= 0.6 is 0 Å².